The van der Waals surface area contributed by atoms with Crippen LogP contribution in [0.3, 0.4) is 0 Å². The zero-order chi connectivity index (χ0) is 18.4. The van der Waals surface area contributed by atoms with Gasteiger partial charge in [-0.25, -0.2) is 13.1 Å². The maximum atomic E-state index is 12.6. The van der Waals surface area contributed by atoms with E-state index in [2.05, 4.69) is 15.0 Å². The molecule has 0 bridgehead atoms. The summed E-state index contributed by atoms with van der Waals surface area (Å²) in [5.74, 6) is -0.348. The molecule has 2 aromatic rings. The van der Waals surface area contributed by atoms with E-state index >= 15 is 0 Å². The van der Waals surface area contributed by atoms with E-state index < -0.39 is 10.0 Å². The molecule has 2 N–H and O–H groups in total. The topological polar surface area (TPSA) is 97.4 Å². The van der Waals surface area contributed by atoms with E-state index in [1.165, 1.54) is 12.1 Å². The highest BCUT2D eigenvalue weighted by molar-refractivity contribution is 7.89. The highest BCUT2D eigenvalue weighted by atomic mass is 32.2. The number of rotatable bonds is 6. The second-order valence-electron chi connectivity index (χ2n) is 6.04. The van der Waals surface area contributed by atoms with Gasteiger partial charge in [-0.1, -0.05) is 12.1 Å². The van der Waals surface area contributed by atoms with Crippen molar-refractivity contribution in [3.63, 3.8) is 0 Å². The quantitative estimate of drug-likeness (QED) is 0.797. The minimum Gasteiger partial charge on any atom is -0.381 e. The number of sulfonamides is 1. The molecule has 1 aromatic carbocycles. The molecule has 26 heavy (non-hydrogen) atoms. The zero-order valence-corrected chi connectivity index (χ0v) is 15.0. The SMILES string of the molecule is O=C(NCc1ccccn1)c1cccc(S(=O)(=O)NC2CCOCC2)c1. The van der Waals surface area contributed by atoms with Crippen molar-refractivity contribution >= 4 is 15.9 Å². The van der Waals surface area contributed by atoms with Crippen molar-refractivity contribution in [1.29, 1.82) is 0 Å². The molecule has 3 rings (SSSR count). The summed E-state index contributed by atoms with van der Waals surface area (Å²) in [6.07, 6.45) is 2.93. The number of aromatic nitrogens is 1. The third kappa shape index (κ3) is 4.87. The van der Waals surface area contributed by atoms with E-state index in [4.69, 9.17) is 4.74 Å². The Kier molecular flexibility index (Phi) is 5.97. The van der Waals surface area contributed by atoms with Crippen molar-refractivity contribution in [2.24, 2.45) is 0 Å². The maximum absolute atomic E-state index is 12.6. The van der Waals surface area contributed by atoms with Crippen molar-refractivity contribution in [3.05, 3.63) is 59.9 Å². The molecule has 8 heteroatoms. The van der Waals surface area contributed by atoms with E-state index in [0.29, 0.717) is 26.1 Å². The Morgan fingerprint density at radius 3 is 2.69 bits per heavy atom. The van der Waals surface area contributed by atoms with E-state index in [1.54, 1.807) is 30.5 Å². The molecule has 1 aliphatic rings. The molecule has 0 aliphatic carbocycles. The van der Waals surface area contributed by atoms with Gasteiger partial charge in [-0.3, -0.25) is 9.78 Å². The van der Waals surface area contributed by atoms with Crippen LogP contribution in [0.2, 0.25) is 0 Å². The maximum Gasteiger partial charge on any atom is 0.251 e. The lowest BCUT2D eigenvalue weighted by Crippen LogP contribution is -2.38. The third-order valence-corrected chi connectivity index (χ3v) is 5.62. The van der Waals surface area contributed by atoms with Crippen LogP contribution in [0.15, 0.2) is 53.6 Å². The van der Waals surface area contributed by atoms with Gasteiger partial charge in [-0.15, -0.1) is 0 Å². The van der Waals surface area contributed by atoms with Crippen LogP contribution in [0.25, 0.3) is 0 Å². The predicted molar refractivity (Wildman–Crippen MR) is 96.0 cm³/mol. The summed E-state index contributed by atoms with van der Waals surface area (Å²) in [7, 11) is -3.68. The Morgan fingerprint density at radius 1 is 1.15 bits per heavy atom. The number of ether oxygens (including phenoxy) is 1. The number of hydrogen-bond donors (Lipinski definition) is 2. The summed E-state index contributed by atoms with van der Waals surface area (Å²) in [5, 5.41) is 2.74. The molecule has 138 valence electrons. The number of amides is 1. The minimum absolute atomic E-state index is 0.0782. The smallest absolute Gasteiger partial charge is 0.251 e. The van der Waals surface area contributed by atoms with Gasteiger partial charge in [0.05, 0.1) is 17.1 Å². The van der Waals surface area contributed by atoms with Gasteiger partial charge in [-0.2, -0.15) is 0 Å². The summed E-state index contributed by atoms with van der Waals surface area (Å²) >= 11 is 0. The van der Waals surface area contributed by atoms with Crippen LogP contribution in [-0.2, 0) is 21.3 Å². The van der Waals surface area contributed by atoms with Crippen LogP contribution in [0.5, 0.6) is 0 Å². The fraction of sp³-hybridized carbons (Fsp3) is 0.333. The summed E-state index contributed by atoms with van der Waals surface area (Å²) in [4.78, 5) is 16.5. The summed E-state index contributed by atoms with van der Waals surface area (Å²) in [5.41, 5.74) is 1.02. The monoisotopic (exact) mass is 375 g/mol. The van der Waals surface area contributed by atoms with Crippen LogP contribution >= 0.6 is 0 Å². The summed E-state index contributed by atoms with van der Waals surface area (Å²) in [6.45, 7) is 1.36. The van der Waals surface area contributed by atoms with E-state index in [0.717, 1.165) is 5.69 Å². The number of carbonyl (C=O) groups excluding carboxylic acids is 1. The highest BCUT2D eigenvalue weighted by Gasteiger charge is 2.22. The zero-order valence-electron chi connectivity index (χ0n) is 14.2. The van der Waals surface area contributed by atoms with E-state index in [1.807, 2.05) is 6.07 Å². The first kappa shape index (κ1) is 18.5. The Balaban J connectivity index is 1.67. The first-order chi connectivity index (χ1) is 12.5. The molecule has 0 radical (unpaired) electrons. The van der Waals surface area contributed by atoms with Crippen LogP contribution < -0.4 is 10.0 Å². The van der Waals surface area contributed by atoms with Crippen LogP contribution in [-0.4, -0.2) is 38.6 Å². The van der Waals surface area contributed by atoms with Gasteiger partial charge in [0.15, 0.2) is 0 Å². The van der Waals surface area contributed by atoms with Crippen molar-refractivity contribution in [2.45, 2.75) is 30.3 Å². The normalized spacial score (nSPS) is 15.5. The van der Waals surface area contributed by atoms with Crippen LogP contribution in [0.1, 0.15) is 28.9 Å². The molecule has 0 spiro atoms. The second kappa shape index (κ2) is 8.39. The molecule has 1 fully saturated rings. The lowest BCUT2D eigenvalue weighted by Gasteiger charge is -2.23. The molecule has 7 nitrogen and oxygen atoms in total. The average Bonchev–Trinajstić information content (AvgIpc) is 2.67. The molecular weight excluding hydrogens is 354 g/mol. The van der Waals surface area contributed by atoms with Gasteiger partial charge in [0.2, 0.25) is 10.0 Å². The Labute approximate surface area is 152 Å². The van der Waals surface area contributed by atoms with Crippen molar-refractivity contribution < 1.29 is 17.9 Å². The number of carbonyl (C=O) groups is 1. The Bertz CT molecular complexity index is 850. The molecule has 1 aliphatic heterocycles. The fourth-order valence-electron chi connectivity index (χ4n) is 2.68. The molecule has 1 saturated heterocycles. The summed E-state index contributed by atoms with van der Waals surface area (Å²) in [6, 6.07) is 11.3. The molecule has 2 heterocycles. The third-order valence-electron chi connectivity index (χ3n) is 4.11. The second-order valence-corrected chi connectivity index (χ2v) is 7.75. The lowest BCUT2D eigenvalue weighted by atomic mass is 10.1. The minimum atomic E-state index is -3.68. The average molecular weight is 375 g/mol. The molecule has 0 unspecified atom stereocenters. The van der Waals surface area contributed by atoms with Crippen LogP contribution in [0.4, 0.5) is 0 Å². The van der Waals surface area contributed by atoms with Crippen molar-refractivity contribution in [2.75, 3.05) is 13.2 Å². The number of pyridine rings is 1. The number of benzene rings is 1. The first-order valence-electron chi connectivity index (χ1n) is 8.43. The molecular formula is C18H21N3O4S. The number of nitrogens with zero attached hydrogens (tertiary/aromatic N) is 1. The van der Waals surface area contributed by atoms with Gasteiger partial charge < -0.3 is 10.1 Å². The number of nitrogens with one attached hydrogen (secondary N) is 2. The fourth-order valence-corrected chi connectivity index (χ4v) is 4.03. The largest absolute Gasteiger partial charge is 0.381 e. The standard InChI is InChI=1S/C18H21N3O4S/c22-18(20-13-16-5-1-2-9-19-16)14-4-3-6-17(12-14)26(23,24)21-15-7-10-25-11-8-15/h1-6,9,12,15,21H,7-8,10-11,13H2,(H,20,22). The van der Waals surface area contributed by atoms with E-state index in [9.17, 15) is 13.2 Å². The molecule has 0 atom stereocenters. The predicted octanol–water partition coefficient (Wildman–Crippen LogP) is 1.47. The summed E-state index contributed by atoms with van der Waals surface area (Å²) < 4.78 is 33.0. The van der Waals surface area contributed by atoms with Crippen molar-refractivity contribution in [3.8, 4) is 0 Å². The highest BCUT2D eigenvalue weighted by Crippen LogP contribution is 2.15. The molecule has 0 saturated carbocycles. The Morgan fingerprint density at radius 2 is 1.96 bits per heavy atom. The van der Waals surface area contributed by atoms with E-state index in [-0.39, 0.29) is 29.0 Å². The lowest BCUT2D eigenvalue weighted by molar-refractivity contribution is 0.0832. The van der Waals surface area contributed by atoms with Gasteiger partial charge in [0.25, 0.3) is 5.91 Å². The van der Waals surface area contributed by atoms with Gasteiger partial charge in [0, 0.05) is 31.0 Å². The van der Waals surface area contributed by atoms with Gasteiger partial charge in [-0.05, 0) is 43.2 Å². The first-order valence-corrected chi connectivity index (χ1v) is 9.91. The van der Waals surface area contributed by atoms with Gasteiger partial charge in [0.1, 0.15) is 0 Å². The van der Waals surface area contributed by atoms with Gasteiger partial charge >= 0.3 is 0 Å². The number of hydrogen-bond acceptors (Lipinski definition) is 5. The Hall–Kier alpha value is -2.29. The van der Waals surface area contributed by atoms with Crippen molar-refractivity contribution in [1.82, 2.24) is 15.0 Å². The molecule has 1 aromatic heterocycles. The molecule has 1 amide bonds. The van der Waals surface area contributed by atoms with Crippen LogP contribution in [0, 0.1) is 0 Å².